The molecule has 1 amide bonds. The molecule has 3 N–H and O–H groups in total. The molecule has 0 radical (unpaired) electrons. The summed E-state index contributed by atoms with van der Waals surface area (Å²) in [6.45, 7) is 0. The van der Waals surface area contributed by atoms with Crippen LogP contribution in [0.4, 0.5) is 11.6 Å². The van der Waals surface area contributed by atoms with Gasteiger partial charge in [0, 0.05) is 40.8 Å². The number of fused-ring (bicyclic) bond motifs is 1. The fourth-order valence-corrected chi connectivity index (χ4v) is 3.12. The molecular weight excluding hydrogens is 378 g/mol. The molecule has 0 aliphatic heterocycles. The average Bonchev–Trinajstić information content (AvgIpc) is 2.79. The summed E-state index contributed by atoms with van der Waals surface area (Å²) in [6.07, 6.45) is 6.14. The van der Waals surface area contributed by atoms with Crippen molar-refractivity contribution in [1.82, 2.24) is 15.0 Å². The van der Waals surface area contributed by atoms with E-state index in [0.717, 1.165) is 33.7 Å². The van der Waals surface area contributed by atoms with Crippen LogP contribution in [0.1, 0.15) is 0 Å². The van der Waals surface area contributed by atoms with E-state index in [0.29, 0.717) is 11.2 Å². The van der Waals surface area contributed by atoms with Gasteiger partial charge in [-0.2, -0.15) is 0 Å². The molecule has 30 heavy (non-hydrogen) atoms. The first-order valence-corrected chi connectivity index (χ1v) is 8.93. The Morgan fingerprint density at radius 2 is 1.93 bits per heavy atom. The van der Waals surface area contributed by atoms with Gasteiger partial charge in [-0.15, -0.1) is 5.11 Å². The number of hydrogen-bond acceptors (Lipinski definition) is 7. The number of hydrogen-bond donors (Lipinski definition) is 3. The zero-order valence-electron chi connectivity index (χ0n) is 15.6. The molecule has 0 aliphatic carbocycles. The number of rotatable bonds is 5. The Balaban J connectivity index is 1.91. The largest absolute Gasteiger partial charge is 0.322 e. The maximum Gasteiger partial charge on any atom is 0.268 e. The first-order chi connectivity index (χ1) is 14.7. The van der Waals surface area contributed by atoms with Gasteiger partial charge in [-0.25, -0.2) is 15.5 Å². The van der Waals surface area contributed by atoms with E-state index in [1.54, 1.807) is 24.7 Å². The minimum atomic E-state index is -0.436. The zero-order valence-corrected chi connectivity index (χ0v) is 15.6. The van der Waals surface area contributed by atoms with Crippen LogP contribution in [0.25, 0.3) is 33.2 Å². The molecule has 4 rings (SSSR count). The van der Waals surface area contributed by atoms with Gasteiger partial charge in [0.05, 0.1) is 11.6 Å². The first kappa shape index (κ1) is 18.8. The molecule has 2 heterocycles. The molecular formula is C22H15N7O. The van der Waals surface area contributed by atoms with E-state index >= 15 is 0 Å². The summed E-state index contributed by atoms with van der Waals surface area (Å²) >= 11 is 0. The minimum absolute atomic E-state index is 0.0680. The van der Waals surface area contributed by atoms with Crippen molar-refractivity contribution in [1.29, 1.82) is 10.9 Å². The quantitative estimate of drug-likeness (QED) is 0.256. The predicted octanol–water partition coefficient (Wildman–Crippen LogP) is 4.76. The van der Waals surface area contributed by atoms with E-state index in [4.69, 9.17) is 10.9 Å². The maximum absolute atomic E-state index is 11.8. The van der Waals surface area contributed by atoms with Crippen molar-refractivity contribution in [2.24, 2.45) is 5.11 Å². The molecule has 0 fully saturated rings. The van der Waals surface area contributed by atoms with Gasteiger partial charge in [0.1, 0.15) is 0 Å². The SMILES string of the molecule is N=C=CC(=O)Nc1cccc(-c2cc(-c3cccnc3)cc3cnc(N=N)nc23)c1. The van der Waals surface area contributed by atoms with Crippen LogP contribution in [-0.4, -0.2) is 26.7 Å². The van der Waals surface area contributed by atoms with Gasteiger partial charge in [-0.1, -0.05) is 18.2 Å². The molecule has 144 valence electrons. The number of anilines is 1. The van der Waals surface area contributed by atoms with Gasteiger partial charge in [-0.3, -0.25) is 15.2 Å². The number of nitrogens with zero attached hydrogens (tertiary/aromatic N) is 4. The number of carbonyl (C=O) groups excluding carboxylic acids is 1. The van der Waals surface area contributed by atoms with Crippen LogP contribution in [0.3, 0.4) is 0 Å². The van der Waals surface area contributed by atoms with E-state index in [2.05, 4.69) is 25.4 Å². The second-order valence-electron chi connectivity index (χ2n) is 6.34. The van der Waals surface area contributed by atoms with Crippen LogP contribution in [0.15, 0.2) is 78.3 Å². The van der Waals surface area contributed by atoms with E-state index in [-0.39, 0.29) is 5.95 Å². The predicted molar refractivity (Wildman–Crippen MR) is 114 cm³/mol. The Morgan fingerprint density at radius 1 is 1.07 bits per heavy atom. The summed E-state index contributed by atoms with van der Waals surface area (Å²) in [4.78, 5) is 24.5. The molecule has 0 saturated carbocycles. The second-order valence-corrected chi connectivity index (χ2v) is 6.34. The highest BCUT2D eigenvalue weighted by atomic mass is 16.1. The number of benzene rings is 2. The molecule has 0 unspecified atom stereocenters. The number of aromatic nitrogens is 3. The van der Waals surface area contributed by atoms with Gasteiger partial charge < -0.3 is 5.32 Å². The van der Waals surface area contributed by atoms with Crippen LogP contribution >= 0.6 is 0 Å². The Labute approximate surface area is 171 Å². The monoisotopic (exact) mass is 393 g/mol. The summed E-state index contributed by atoms with van der Waals surface area (Å²) in [5.74, 6) is 1.59. The van der Waals surface area contributed by atoms with Gasteiger partial charge in [0.25, 0.3) is 11.9 Å². The molecule has 0 atom stereocenters. The van der Waals surface area contributed by atoms with E-state index in [1.165, 1.54) is 0 Å². The Bertz CT molecular complexity index is 1310. The zero-order chi connectivity index (χ0) is 20.9. The molecule has 2 aromatic carbocycles. The van der Waals surface area contributed by atoms with Crippen molar-refractivity contribution in [3.8, 4) is 22.3 Å². The highest BCUT2D eigenvalue weighted by Crippen LogP contribution is 2.34. The van der Waals surface area contributed by atoms with Crippen LogP contribution in [-0.2, 0) is 4.79 Å². The van der Waals surface area contributed by atoms with Crippen LogP contribution in [0.5, 0.6) is 0 Å². The summed E-state index contributed by atoms with van der Waals surface area (Å²) < 4.78 is 0. The molecule has 0 spiro atoms. The van der Waals surface area contributed by atoms with Crippen LogP contribution < -0.4 is 5.32 Å². The van der Waals surface area contributed by atoms with Gasteiger partial charge in [0.2, 0.25) is 0 Å². The third-order valence-corrected chi connectivity index (χ3v) is 4.41. The van der Waals surface area contributed by atoms with Crippen molar-refractivity contribution < 1.29 is 4.79 Å². The molecule has 4 aromatic rings. The van der Waals surface area contributed by atoms with Crippen LogP contribution in [0.2, 0.25) is 0 Å². The van der Waals surface area contributed by atoms with Gasteiger partial charge in [0.15, 0.2) is 0 Å². The standard InChI is InChI=1S/C22H15N7O/c23-7-6-20(30)27-18-5-1-3-14(10-18)19-11-16(15-4-2-8-25-12-15)9-17-13-26-22(29-24)28-21(17)19/h1-6,8-13,23-24H,(H,27,30). The highest BCUT2D eigenvalue weighted by Gasteiger charge is 2.12. The van der Waals surface area contributed by atoms with E-state index < -0.39 is 5.91 Å². The third kappa shape index (κ3) is 3.84. The van der Waals surface area contributed by atoms with Crippen molar-refractivity contribution in [2.75, 3.05) is 5.32 Å². The molecule has 0 saturated heterocycles. The van der Waals surface area contributed by atoms with Crippen LogP contribution in [0, 0.1) is 10.9 Å². The Kier molecular flexibility index (Phi) is 5.15. The molecule has 2 aromatic heterocycles. The normalized spacial score (nSPS) is 10.3. The van der Waals surface area contributed by atoms with E-state index in [1.807, 2.05) is 48.3 Å². The first-order valence-electron chi connectivity index (χ1n) is 8.93. The van der Waals surface area contributed by atoms with Gasteiger partial charge >= 0.3 is 0 Å². The van der Waals surface area contributed by atoms with Crippen molar-refractivity contribution >= 4 is 34.3 Å². The fourth-order valence-electron chi connectivity index (χ4n) is 3.12. The Morgan fingerprint density at radius 3 is 2.70 bits per heavy atom. The topological polar surface area (TPSA) is 128 Å². The second kappa shape index (κ2) is 8.22. The molecule has 8 nitrogen and oxygen atoms in total. The number of amides is 1. The fraction of sp³-hybridized carbons (Fsp3) is 0. The number of carbonyl (C=O) groups is 1. The summed E-state index contributed by atoms with van der Waals surface area (Å²) in [5.41, 5.74) is 12.0. The highest BCUT2D eigenvalue weighted by molar-refractivity contribution is 6.04. The lowest BCUT2D eigenvalue weighted by Gasteiger charge is -2.12. The van der Waals surface area contributed by atoms with Crippen molar-refractivity contribution in [3.63, 3.8) is 0 Å². The van der Waals surface area contributed by atoms with E-state index in [9.17, 15) is 4.79 Å². The Hall–Kier alpha value is -4.55. The summed E-state index contributed by atoms with van der Waals surface area (Å²) in [6, 6.07) is 15.1. The third-order valence-electron chi connectivity index (χ3n) is 4.41. The lowest BCUT2D eigenvalue weighted by Crippen LogP contribution is -2.07. The maximum atomic E-state index is 11.8. The smallest absolute Gasteiger partial charge is 0.268 e. The lowest BCUT2D eigenvalue weighted by atomic mass is 9.96. The molecule has 0 aliphatic rings. The van der Waals surface area contributed by atoms with Crippen molar-refractivity contribution in [2.45, 2.75) is 0 Å². The molecule has 8 heteroatoms. The number of pyridine rings is 1. The summed E-state index contributed by atoms with van der Waals surface area (Å²) in [5, 5.41) is 13.7. The summed E-state index contributed by atoms with van der Waals surface area (Å²) in [7, 11) is 0. The number of nitrogens with one attached hydrogen (secondary N) is 3. The average molecular weight is 393 g/mol. The van der Waals surface area contributed by atoms with Crippen molar-refractivity contribution in [3.05, 3.63) is 73.2 Å². The van der Waals surface area contributed by atoms with Gasteiger partial charge in [-0.05, 0) is 47.3 Å². The molecule has 0 bridgehead atoms. The minimum Gasteiger partial charge on any atom is -0.322 e. The lowest BCUT2D eigenvalue weighted by molar-refractivity contribution is -0.111.